The first-order valence-electron chi connectivity index (χ1n) is 3.22. The number of hydrogen-bond donors (Lipinski definition) is 0. The molecule has 0 aliphatic carbocycles. The Morgan fingerprint density at radius 2 is 2.00 bits per heavy atom. The summed E-state index contributed by atoms with van der Waals surface area (Å²) in [6, 6.07) is 0. The molecule has 0 unspecified atom stereocenters. The Balaban J connectivity index is 3.33. The maximum absolute atomic E-state index is 4.97. The van der Waals surface area contributed by atoms with E-state index in [1.54, 1.807) is 0 Å². The monoisotopic (exact) mass is 131 g/mol. The summed E-state index contributed by atoms with van der Waals surface area (Å²) in [6.45, 7) is 9.84. The van der Waals surface area contributed by atoms with Gasteiger partial charge in [0.1, 0.15) is 0 Å². The predicted octanol–water partition coefficient (Wildman–Crippen LogP) is 1.96. The van der Waals surface area contributed by atoms with Crippen LogP contribution in [0.15, 0.2) is 0 Å². The van der Waals surface area contributed by atoms with Gasteiger partial charge >= 0.3 is 0 Å². The van der Waals surface area contributed by atoms with Crippen molar-refractivity contribution in [2.24, 2.45) is 0 Å². The lowest BCUT2D eigenvalue weighted by atomic mass is 10.1. The Bertz CT molecular complexity index is 69.3. The fraction of sp³-hybridized carbons (Fsp3) is 0.857. The minimum absolute atomic E-state index is 0.169. The van der Waals surface area contributed by atoms with Crippen molar-refractivity contribution in [2.45, 2.75) is 32.8 Å². The van der Waals surface area contributed by atoms with Gasteiger partial charge < -0.3 is 0 Å². The zero-order valence-electron chi connectivity index (χ0n) is 6.44. The predicted molar refractivity (Wildman–Crippen MR) is 36.8 cm³/mol. The SMILES string of the molecule is [CH2]COOC(C)(C)CC. The normalized spacial score (nSPS) is 12.0. The minimum Gasteiger partial charge on any atom is -0.236 e. The van der Waals surface area contributed by atoms with Crippen molar-refractivity contribution >= 4 is 0 Å². The van der Waals surface area contributed by atoms with Crippen LogP contribution in [-0.4, -0.2) is 12.2 Å². The van der Waals surface area contributed by atoms with Gasteiger partial charge in [-0.1, -0.05) is 6.92 Å². The molecule has 0 heterocycles. The Morgan fingerprint density at radius 3 is 2.33 bits per heavy atom. The third-order valence-electron chi connectivity index (χ3n) is 1.22. The van der Waals surface area contributed by atoms with E-state index in [9.17, 15) is 0 Å². The van der Waals surface area contributed by atoms with Gasteiger partial charge in [0.05, 0.1) is 12.2 Å². The molecule has 0 spiro atoms. The first kappa shape index (κ1) is 8.92. The van der Waals surface area contributed by atoms with E-state index in [0.29, 0.717) is 6.61 Å². The fourth-order valence-electron chi connectivity index (χ4n) is 0.260. The quantitative estimate of drug-likeness (QED) is 0.429. The first-order chi connectivity index (χ1) is 4.12. The third kappa shape index (κ3) is 4.43. The highest BCUT2D eigenvalue weighted by Gasteiger charge is 2.15. The third-order valence-corrected chi connectivity index (χ3v) is 1.22. The van der Waals surface area contributed by atoms with E-state index < -0.39 is 0 Å². The molecule has 0 aromatic rings. The summed E-state index contributed by atoms with van der Waals surface area (Å²) in [7, 11) is 0. The maximum Gasteiger partial charge on any atom is 0.0977 e. The molecule has 0 rings (SSSR count). The highest BCUT2D eigenvalue weighted by atomic mass is 17.2. The van der Waals surface area contributed by atoms with Gasteiger partial charge in [-0.2, -0.15) is 0 Å². The van der Waals surface area contributed by atoms with Crippen LogP contribution in [0.25, 0.3) is 0 Å². The van der Waals surface area contributed by atoms with E-state index >= 15 is 0 Å². The van der Waals surface area contributed by atoms with Gasteiger partial charge in [-0.25, -0.2) is 9.78 Å². The van der Waals surface area contributed by atoms with Crippen molar-refractivity contribution in [3.8, 4) is 0 Å². The molecule has 0 saturated heterocycles. The molecule has 0 aromatic heterocycles. The lowest BCUT2D eigenvalue weighted by Gasteiger charge is -2.20. The van der Waals surface area contributed by atoms with Crippen molar-refractivity contribution in [3.05, 3.63) is 6.92 Å². The largest absolute Gasteiger partial charge is 0.236 e. The maximum atomic E-state index is 4.97. The molecule has 0 amide bonds. The summed E-state index contributed by atoms with van der Waals surface area (Å²) in [5.41, 5.74) is -0.169. The second kappa shape index (κ2) is 3.85. The Hall–Kier alpha value is -0.0800. The Kier molecular flexibility index (Phi) is 3.82. The van der Waals surface area contributed by atoms with E-state index in [4.69, 9.17) is 4.89 Å². The van der Waals surface area contributed by atoms with Gasteiger partial charge in [-0.05, 0) is 27.2 Å². The summed E-state index contributed by atoms with van der Waals surface area (Å²) in [6.07, 6.45) is 0.938. The Labute approximate surface area is 57.1 Å². The molecule has 2 heteroatoms. The van der Waals surface area contributed by atoms with E-state index in [0.717, 1.165) is 6.42 Å². The molecule has 2 nitrogen and oxygen atoms in total. The van der Waals surface area contributed by atoms with Crippen LogP contribution in [0.3, 0.4) is 0 Å². The van der Waals surface area contributed by atoms with Crippen LogP contribution >= 0.6 is 0 Å². The first-order valence-corrected chi connectivity index (χ1v) is 3.22. The summed E-state index contributed by atoms with van der Waals surface area (Å²) in [5, 5.41) is 0. The van der Waals surface area contributed by atoms with Crippen LogP contribution in [0.2, 0.25) is 0 Å². The highest BCUT2D eigenvalue weighted by Crippen LogP contribution is 2.12. The van der Waals surface area contributed by atoms with Crippen molar-refractivity contribution in [1.29, 1.82) is 0 Å². The van der Waals surface area contributed by atoms with Crippen molar-refractivity contribution in [3.63, 3.8) is 0 Å². The molecule has 0 saturated carbocycles. The van der Waals surface area contributed by atoms with E-state index in [1.165, 1.54) is 0 Å². The van der Waals surface area contributed by atoms with Gasteiger partial charge in [0, 0.05) is 0 Å². The summed E-state index contributed by atoms with van der Waals surface area (Å²) < 4.78 is 0. The van der Waals surface area contributed by atoms with Crippen LogP contribution in [-0.2, 0) is 9.78 Å². The van der Waals surface area contributed by atoms with Crippen LogP contribution in [0, 0.1) is 6.92 Å². The van der Waals surface area contributed by atoms with E-state index in [1.807, 2.05) is 20.8 Å². The summed E-state index contributed by atoms with van der Waals surface area (Å²) >= 11 is 0. The standard InChI is InChI=1S/C7H15O2/c1-5-7(3,4)9-8-6-2/h2,5-6H2,1,3-4H3. The Morgan fingerprint density at radius 1 is 1.44 bits per heavy atom. The van der Waals surface area contributed by atoms with E-state index in [2.05, 4.69) is 11.8 Å². The topological polar surface area (TPSA) is 18.5 Å². The van der Waals surface area contributed by atoms with Crippen molar-refractivity contribution in [2.75, 3.05) is 6.61 Å². The van der Waals surface area contributed by atoms with Gasteiger partial charge in [-0.3, -0.25) is 0 Å². The fourth-order valence-corrected chi connectivity index (χ4v) is 0.260. The molecule has 0 aliphatic heterocycles. The summed E-state index contributed by atoms with van der Waals surface area (Å²) in [5.74, 6) is 0. The average molecular weight is 131 g/mol. The minimum atomic E-state index is -0.169. The van der Waals surface area contributed by atoms with Crippen molar-refractivity contribution in [1.82, 2.24) is 0 Å². The number of hydrogen-bond acceptors (Lipinski definition) is 2. The van der Waals surface area contributed by atoms with Gasteiger partial charge in [0.25, 0.3) is 0 Å². The average Bonchev–Trinajstić information content (AvgIpc) is 1.84. The molecule has 0 aliphatic rings. The molecule has 0 aromatic carbocycles. The van der Waals surface area contributed by atoms with E-state index in [-0.39, 0.29) is 5.60 Å². The van der Waals surface area contributed by atoms with Crippen LogP contribution in [0.1, 0.15) is 27.2 Å². The smallest absolute Gasteiger partial charge is 0.0977 e. The summed E-state index contributed by atoms with van der Waals surface area (Å²) in [4.78, 5) is 9.64. The van der Waals surface area contributed by atoms with Crippen LogP contribution in [0.4, 0.5) is 0 Å². The zero-order valence-corrected chi connectivity index (χ0v) is 6.44. The van der Waals surface area contributed by atoms with Gasteiger partial charge in [-0.15, -0.1) is 0 Å². The molecule has 0 N–H and O–H groups in total. The van der Waals surface area contributed by atoms with Gasteiger partial charge in [0.15, 0.2) is 0 Å². The lowest BCUT2D eigenvalue weighted by molar-refractivity contribution is -0.347. The molecular weight excluding hydrogens is 116 g/mol. The molecule has 1 radical (unpaired) electrons. The highest BCUT2D eigenvalue weighted by molar-refractivity contribution is 4.61. The molecule has 0 atom stereocenters. The second-order valence-corrected chi connectivity index (χ2v) is 2.52. The molecule has 55 valence electrons. The second-order valence-electron chi connectivity index (χ2n) is 2.52. The molecule has 9 heavy (non-hydrogen) atoms. The number of rotatable bonds is 4. The molecular formula is C7H15O2. The lowest BCUT2D eigenvalue weighted by Crippen LogP contribution is -2.23. The molecule has 0 bridgehead atoms. The van der Waals surface area contributed by atoms with Gasteiger partial charge in [0.2, 0.25) is 0 Å². The van der Waals surface area contributed by atoms with Crippen LogP contribution < -0.4 is 0 Å². The zero-order chi connectivity index (χ0) is 7.33. The molecule has 0 fully saturated rings. The van der Waals surface area contributed by atoms with Crippen molar-refractivity contribution < 1.29 is 9.78 Å². The van der Waals surface area contributed by atoms with Crippen LogP contribution in [0.5, 0.6) is 0 Å².